The number of halogens is 1. The van der Waals surface area contributed by atoms with Crippen molar-refractivity contribution in [1.29, 1.82) is 0 Å². The fraction of sp³-hybridized carbons (Fsp3) is 0.667. The lowest BCUT2D eigenvalue weighted by Gasteiger charge is -2.20. The van der Waals surface area contributed by atoms with E-state index in [2.05, 4.69) is 0 Å². The molecule has 3 heteroatoms. The highest BCUT2D eigenvalue weighted by molar-refractivity contribution is 5.44. The molecule has 0 aromatic rings. The van der Waals surface area contributed by atoms with E-state index in [4.69, 9.17) is 0 Å². The van der Waals surface area contributed by atoms with E-state index in [0.717, 1.165) is 11.0 Å². The molecule has 0 bridgehead atoms. The van der Waals surface area contributed by atoms with Crippen molar-refractivity contribution in [1.82, 2.24) is 0 Å². The molecule has 2 nitrogen and oxygen atoms in total. The Morgan fingerprint density at radius 1 is 1.44 bits per heavy atom. The van der Waals surface area contributed by atoms with Crippen LogP contribution in [0.15, 0.2) is 6.08 Å². The number of quaternary nitrogens is 1. The van der Waals surface area contributed by atoms with Crippen LogP contribution in [-0.4, -0.2) is 38.1 Å². The first kappa shape index (κ1) is 11.5. The minimum atomic E-state index is 0. The Kier molecular flexibility index (Phi) is 5.83. The molecule has 0 rings (SSSR count). The summed E-state index contributed by atoms with van der Waals surface area (Å²) in [6.45, 7) is 0.753. The summed E-state index contributed by atoms with van der Waals surface area (Å²) < 4.78 is 0.787. The second-order valence-corrected chi connectivity index (χ2v) is 2.79. The third-order valence-electron chi connectivity index (χ3n) is 0.722. The van der Waals surface area contributed by atoms with E-state index >= 15 is 0 Å². The van der Waals surface area contributed by atoms with E-state index in [1.165, 1.54) is 6.08 Å². The van der Waals surface area contributed by atoms with E-state index in [-0.39, 0.29) is 12.4 Å². The van der Waals surface area contributed by atoms with Gasteiger partial charge in [-0.2, -0.15) is 0 Å². The number of hydrogen-bond acceptors (Lipinski definition) is 1. The number of hydrogen-bond donors (Lipinski definition) is 0. The summed E-state index contributed by atoms with van der Waals surface area (Å²) in [5.41, 5.74) is 0. The van der Waals surface area contributed by atoms with E-state index in [1.54, 1.807) is 5.94 Å². The van der Waals surface area contributed by atoms with Gasteiger partial charge >= 0.3 is 0 Å². The molecule has 0 aliphatic rings. The average molecular weight is 150 g/mol. The Balaban J connectivity index is 0. The van der Waals surface area contributed by atoms with E-state index < -0.39 is 0 Å². The van der Waals surface area contributed by atoms with Crippen molar-refractivity contribution in [3.8, 4) is 0 Å². The van der Waals surface area contributed by atoms with Gasteiger partial charge in [-0.3, -0.25) is 0 Å². The highest BCUT2D eigenvalue weighted by atomic mass is 35.5. The highest BCUT2D eigenvalue weighted by Crippen LogP contribution is 1.86. The molecule has 0 aromatic heterocycles. The normalized spacial score (nSPS) is 9.22. The predicted octanol–water partition coefficient (Wildman–Crippen LogP) is -2.92. The quantitative estimate of drug-likeness (QED) is 0.304. The summed E-state index contributed by atoms with van der Waals surface area (Å²) >= 11 is 0. The molecule has 54 valence electrons. The molecule has 0 saturated carbocycles. The van der Waals surface area contributed by atoms with Gasteiger partial charge in [0.15, 0.2) is 0 Å². The lowest BCUT2D eigenvalue weighted by molar-refractivity contribution is -0.864. The molecule has 0 saturated heterocycles. The van der Waals surface area contributed by atoms with Crippen LogP contribution in [-0.2, 0) is 4.79 Å². The first-order valence-electron chi connectivity index (χ1n) is 2.56. The van der Waals surface area contributed by atoms with Gasteiger partial charge in [-0.15, -0.1) is 0 Å². The number of likely N-dealkylation sites (N-methyl/N-ethyl adjacent to an activating group) is 1. The van der Waals surface area contributed by atoms with Crippen LogP contribution in [0.25, 0.3) is 0 Å². The second-order valence-electron chi connectivity index (χ2n) is 2.79. The van der Waals surface area contributed by atoms with Crippen LogP contribution in [0, 0.1) is 0 Å². The Morgan fingerprint density at radius 2 is 1.89 bits per heavy atom. The van der Waals surface area contributed by atoms with E-state index in [0.29, 0.717) is 0 Å². The van der Waals surface area contributed by atoms with Gasteiger partial charge in [-0.05, 0) is 0 Å². The second kappa shape index (κ2) is 4.57. The van der Waals surface area contributed by atoms with Crippen molar-refractivity contribution in [3.63, 3.8) is 0 Å². The van der Waals surface area contributed by atoms with Gasteiger partial charge in [0, 0.05) is 0 Å². The monoisotopic (exact) mass is 149 g/mol. The Labute approximate surface area is 62.2 Å². The van der Waals surface area contributed by atoms with Crippen LogP contribution in [0.5, 0.6) is 0 Å². The van der Waals surface area contributed by atoms with Gasteiger partial charge in [0.2, 0.25) is 0 Å². The molecule has 0 heterocycles. The average Bonchev–Trinajstić information content (AvgIpc) is 1.59. The smallest absolute Gasteiger partial charge is 0.125 e. The lowest BCUT2D eigenvalue weighted by Crippen LogP contribution is -3.00. The SMILES string of the molecule is C[N+](C)(C)CC=C=O.[Cl-]. The first-order valence-corrected chi connectivity index (χ1v) is 2.56. The van der Waals surface area contributed by atoms with Gasteiger partial charge in [-0.25, -0.2) is 4.79 Å². The molecule has 0 amide bonds. The van der Waals surface area contributed by atoms with Crippen LogP contribution >= 0.6 is 0 Å². The van der Waals surface area contributed by atoms with E-state index in [9.17, 15) is 4.79 Å². The van der Waals surface area contributed by atoms with Crippen molar-refractivity contribution in [2.45, 2.75) is 0 Å². The standard InChI is InChI=1S/C6H12NO.ClH/c1-7(2,3)5-4-6-8;/h4H,5H2,1-3H3;1H/q+1;/p-1. The number of carbonyl (C=O) groups excluding carboxylic acids is 1. The maximum Gasteiger partial charge on any atom is 0.125 e. The summed E-state index contributed by atoms with van der Waals surface area (Å²) in [5, 5.41) is 0. The minimum absolute atomic E-state index is 0. The van der Waals surface area contributed by atoms with Crippen LogP contribution < -0.4 is 12.4 Å². The van der Waals surface area contributed by atoms with Crippen LogP contribution in [0.4, 0.5) is 0 Å². The summed E-state index contributed by atoms with van der Waals surface area (Å²) in [7, 11) is 6.06. The zero-order valence-electron chi connectivity index (χ0n) is 6.02. The molecular formula is C6H12ClNO. The first-order chi connectivity index (χ1) is 3.56. The van der Waals surface area contributed by atoms with Crippen molar-refractivity contribution >= 4 is 5.94 Å². The number of nitrogens with zero attached hydrogens (tertiary/aromatic N) is 1. The Hall–Kier alpha value is -0.300. The molecule has 0 aliphatic carbocycles. The van der Waals surface area contributed by atoms with Gasteiger partial charge in [0.25, 0.3) is 0 Å². The van der Waals surface area contributed by atoms with Gasteiger partial charge in [0.1, 0.15) is 12.5 Å². The van der Waals surface area contributed by atoms with Crippen molar-refractivity contribution in [2.75, 3.05) is 27.7 Å². The third kappa shape index (κ3) is 11.3. The third-order valence-corrected chi connectivity index (χ3v) is 0.722. The summed E-state index contributed by atoms with van der Waals surface area (Å²) in [6.07, 6.45) is 1.50. The van der Waals surface area contributed by atoms with Crippen LogP contribution in [0.2, 0.25) is 0 Å². The van der Waals surface area contributed by atoms with Crippen molar-refractivity contribution in [3.05, 3.63) is 6.08 Å². The number of rotatable bonds is 2. The van der Waals surface area contributed by atoms with Crippen molar-refractivity contribution < 1.29 is 21.7 Å². The summed E-state index contributed by atoms with van der Waals surface area (Å²) in [5.74, 6) is 1.73. The largest absolute Gasteiger partial charge is 1.00 e. The van der Waals surface area contributed by atoms with Crippen molar-refractivity contribution in [2.24, 2.45) is 0 Å². The molecule has 0 unspecified atom stereocenters. The maximum atomic E-state index is 9.66. The Morgan fingerprint density at radius 3 is 2.00 bits per heavy atom. The van der Waals surface area contributed by atoms with Crippen LogP contribution in [0.1, 0.15) is 0 Å². The molecule has 0 spiro atoms. The predicted molar refractivity (Wildman–Crippen MR) is 33.2 cm³/mol. The minimum Gasteiger partial charge on any atom is -1.00 e. The molecule has 0 fully saturated rings. The Bertz CT molecular complexity index is 111. The summed E-state index contributed by atoms with van der Waals surface area (Å²) in [4.78, 5) is 9.66. The lowest BCUT2D eigenvalue weighted by atomic mass is 10.5. The molecule has 0 radical (unpaired) electrons. The van der Waals surface area contributed by atoms with Crippen LogP contribution in [0.3, 0.4) is 0 Å². The molecule has 9 heavy (non-hydrogen) atoms. The molecule has 0 N–H and O–H groups in total. The zero-order chi connectivity index (χ0) is 6.62. The van der Waals surface area contributed by atoms with Gasteiger partial charge < -0.3 is 16.9 Å². The summed E-state index contributed by atoms with van der Waals surface area (Å²) in [6, 6.07) is 0. The molecule has 0 atom stereocenters. The zero-order valence-corrected chi connectivity index (χ0v) is 6.77. The van der Waals surface area contributed by atoms with Gasteiger partial charge in [-0.1, -0.05) is 0 Å². The fourth-order valence-electron chi connectivity index (χ4n) is 0.311. The van der Waals surface area contributed by atoms with E-state index in [1.807, 2.05) is 21.1 Å². The molecule has 0 aliphatic heterocycles. The van der Waals surface area contributed by atoms with Gasteiger partial charge in [0.05, 0.1) is 27.2 Å². The molecule has 0 aromatic carbocycles. The fourth-order valence-corrected chi connectivity index (χ4v) is 0.311. The molecular weight excluding hydrogens is 138 g/mol. The highest BCUT2D eigenvalue weighted by Gasteiger charge is 2.00. The maximum absolute atomic E-state index is 9.66. The topological polar surface area (TPSA) is 17.1 Å².